The van der Waals surface area contributed by atoms with Crippen LogP contribution in [0.15, 0.2) is 60.7 Å². The van der Waals surface area contributed by atoms with E-state index in [1.54, 1.807) is 19.2 Å². The van der Waals surface area contributed by atoms with Crippen LogP contribution >= 0.6 is 0 Å². The molecule has 34 heavy (non-hydrogen) atoms. The summed E-state index contributed by atoms with van der Waals surface area (Å²) >= 11 is 0. The monoisotopic (exact) mass is 464 g/mol. The fourth-order valence-corrected chi connectivity index (χ4v) is 3.60. The molecule has 1 aromatic heterocycles. The van der Waals surface area contributed by atoms with Gasteiger partial charge in [-0.25, -0.2) is 8.96 Å². The third-order valence-electron chi connectivity index (χ3n) is 5.27. The highest BCUT2D eigenvalue weighted by Crippen LogP contribution is 2.37. The van der Waals surface area contributed by atoms with Gasteiger partial charge in [-0.1, -0.05) is 35.4 Å². The molecular weight excluding hydrogens is 443 g/mol. The minimum absolute atomic E-state index is 0.0390. The van der Waals surface area contributed by atoms with Gasteiger partial charge in [0, 0.05) is 25.2 Å². The van der Waals surface area contributed by atoms with Crippen molar-refractivity contribution in [2.75, 3.05) is 14.2 Å². The van der Waals surface area contributed by atoms with Crippen molar-refractivity contribution in [3.63, 3.8) is 0 Å². The lowest BCUT2D eigenvalue weighted by atomic mass is 10.1. The molecule has 1 amide bonds. The van der Waals surface area contributed by atoms with Gasteiger partial charge in [-0.05, 0) is 24.3 Å². The van der Waals surface area contributed by atoms with E-state index in [2.05, 4.69) is 10.2 Å². The van der Waals surface area contributed by atoms with Crippen LogP contribution in [0, 0.1) is 5.82 Å². The Morgan fingerprint density at radius 2 is 1.74 bits per heavy atom. The third-order valence-corrected chi connectivity index (χ3v) is 5.27. The number of ether oxygens (including phenoxy) is 1. The number of phenols is 2. The lowest BCUT2D eigenvalue weighted by molar-refractivity contribution is 0.0781. The molecule has 4 rings (SSSR count). The van der Waals surface area contributed by atoms with Crippen molar-refractivity contribution in [1.82, 2.24) is 19.7 Å². The van der Waals surface area contributed by atoms with E-state index >= 15 is 0 Å². The summed E-state index contributed by atoms with van der Waals surface area (Å²) in [5.74, 6) is -1.63. The standard InChI is InChI=1S/C24H21FN4O5/c1-28(13-14-7-3-6-10-21(14)34-2)23(32)16-11-15(19(30)12-20(16)31)22-26-27-24(33)29(22)18-9-5-4-8-17(18)25/h3-12,30-31H,13H2,1-2H3,(H,27,33). The minimum atomic E-state index is -0.662. The summed E-state index contributed by atoms with van der Waals surface area (Å²) in [5.41, 5.74) is 0.521. The van der Waals surface area contributed by atoms with Crippen LogP contribution in [0.4, 0.5) is 4.39 Å². The number of carbonyl (C=O) groups is 1. The normalized spacial score (nSPS) is 10.8. The van der Waals surface area contributed by atoms with Gasteiger partial charge in [-0.2, -0.15) is 0 Å². The number of aromatic nitrogens is 3. The first-order chi connectivity index (χ1) is 16.3. The number of phenolic OH excluding ortho intramolecular Hbond substituents is 2. The summed E-state index contributed by atoms with van der Waals surface area (Å²) in [6, 6.07) is 14.4. The number of aromatic hydroxyl groups is 3. The Morgan fingerprint density at radius 3 is 2.47 bits per heavy atom. The average Bonchev–Trinajstić information content (AvgIpc) is 3.20. The number of para-hydroxylation sites is 2. The first-order valence-corrected chi connectivity index (χ1v) is 10.1. The van der Waals surface area contributed by atoms with Gasteiger partial charge < -0.3 is 25.0 Å². The van der Waals surface area contributed by atoms with Crippen LogP contribution in [-0.4, -0.2) is 55.0 Å². The highest BCUT2D eigenvalue weighted by atomic mass is 19.1. The Labute approximate surface area is 193 Å². The number of methoxy groups -OCH3 is 1. The number of amides is 1. The maximum atomic E-state index is 14.4. The predicted molar refractivity (Wildman–Crippen MR) is 121 cm³/mol. The maximum Gasteiger partial charge on any atom is 0.319 e. The number of halogens is 1. The van der Waals surface area contributed by atoms with Crippen molar-refractivity contribution >= 4 is 5.91 Å². The molecule has 0 saturated heterocycles. The smallest absolute Gasteiger partial charge is 0.319 e. The minimum Gasteiger partial charge on any atom is -0.507 e. The van der Waals surface area contributed by atoms with Crippen LogP contribution in [0.5, 0.6) is 23.3 Å². The molecule has 3 aromatic carbocycles. The summed E-state index contributed by atoms with van der Waals surface area (Å²) in [6.07, 6.45) is 0. The van der Waals surface area contributed by atoms with Gasteiger partial charge in [-0.3, -0.25) is 4.79 Å². The molecule has 9 nitrogen and oxygen atoms in total. The van der Waals surface area contributed by atoms with E-state index in [0.717, 1.165) is 16.2 Å². The Balaban J connectivity index is 1.75. The number of carbonyl (C=O) groups excluding carboxylic acids is 1. The molecule has 0 radical (unpaired) electrons. The molecule has 4 aromatic rings. The molecule has 0 unspecified atom stereocenters. The van der Waals surface area contributed by atoms with Crippen LogP contribution < -0.4 is 4.74 Å². The molecule has 0 fully saturated rings. The summed E-state index contributed by atoms with van der Waals surface area (Å²) < 4.78 is 20.7. The molecule has 0 aliphatic heterocycles. The second-order valence-electron chi connectivity index (χ2n) is 7.47. The molecule has 3 N–H and O–H groups in total. The molecule has 0 aliphatic carbocycles. The fourth-order valence-electron chi connectivity index (χ4n) is 3.60. The molecule has 0 atom stereocenters. The molecule has 0 saturated carbocycles. The zero-order chi connectivity index (χ0) is 24.4. The van der Waals surface area contributed by atoms with Crippen molar-refractivity contribution < 1.29 is 29.2 Å². The van der Waals surface area contributed by atoms with E-state index in [9.17, 15) is 24.5 Å². The molecular formula is C24H21FN4O5. The number of hydrogen-bond acceptors (Lipinski definition) is 7. The summed E-state index contributed by atoms with van der Waals surface area (Å²) in [5, 5.41) is 38.5. The lowest BCUT2D eigenvalue weighted by Crippen LogP contribution is -2.26. The van der Waals surface area contributed by atoms with Gasteiger partial charge >= 0.3 is 6.01 Å². The van der Waals surface area contributed by atoms with E-state index in [1.807, 2.05) is 18.2 Å². The van der Waals surface area contributed by atoms with Gasteiger partial charge in [0.2, 0.25) is 0 Å². The Morgan fingerprint density at radius 1 is 1.03 bits per heavy atom. The number of rotatable bonds is 6. The lowest BCUT2D eigenvalue weighted by Gasteiger charge is -2.20. The van der Waals surface area contributed by atoms with Crippen LogP contribution in [0.2, 0.25) is 0 Å². The zero-order valence-electron chi connectivity index (χ0n) is 18.3. The fraction of sp³-hybridized carbons (Fsp3) is 0.125. The summed E-state index contributed by atoms with van der Waals surface area (Å²) in [6.45, 7) is 0.185. The highest BCUT2D eigenvalue weighted by molar-refractivity contribution is 5.98. The van der Waals surface area contributed by atoms with E-state index in [-0.39, 0.29) is 29.2 Å². The van der Waals surface area contributed by atoms with E-state index in [4.69, 9.17) is 4.74 Å². The van der Waals surface area contributed by atoms with Crippen molar-refractivity contribution in [3.8, 4) is 40.3 Å². The van der Waals surface area contributed by atoms with Crippen LogP contribution in [0.1, 0.15) is 15.9 Å². The number of hydrogen-bond donors (Lipinski definition) is 3. The van der Waals surface area contributed by atoms with Crippen molar-refractivity contribution in [3.05, 3.63) is 77.6 Å². The van der Waals surface area contributed by atoms with Crippen molar-refractivity contribution in [2.24, 2.45) is 0 Å². The van der Waals surface area contributed by atoms with Gasteiger partial charge in [0.25, 0.3) is 5.91 Å². The Hall–Kier alpha value is -4.60. The summed E-state index contributed by atoms with van der Waals surface area (Å²) in [4.78, 5) is 14.5. The molecule has 1 heterocycles. The average molecular weight is 464 g/mol. The molecule has 0 bridgehead atoms. The number of benzene rings is 3. The van der Waals surface area contributed by atoms with Crippen LogP contribution in [0.25, 0.3) is 17.1 Å². The van der Waals surface area contributed by atoms with Gasteiger partial charge in [-0.15, -0.1) is 5.10 Å². The Bertz CT molecular complexity index is 1370. The van der Waals surface area contributed by atoms with Crippen molar-refractivity contribution in [1.29, 1.82) is 0 Å². The van der Waals surface area contributed by atoms with Gasteiger partial charge in [0.05, 0.1) is 23.9 Å². The first kappa shape index (κ1) is 22.6. The Kier molecular flexibility index (Phi) is 6.05. The molecule has 0 spiro atoms. The molecule has 10 heteroatoms. The largest absolute Gasteiger partial charge is 0.507 e. The SMILES string of the molecule is COc1ccccc1CN(C)C(=O)c1cc(-c2nnc(O)n2-c2ccccc2F)c(O)cc1O. The topological polar surface area (TPSA) is 121 Å². The van der Waals surface area contributed by atoms with Crippen LogP contribution in [0.3, 0.4) is 0 Å². The van der Waals surface area contributed by atoms with E-state index in [0.29, 0.717) is 5.75 Å². The van der Waals surface area contributed by atoms with Gasteiger partial charge in [0.1, 0.15) is 23.1 Å². The number of nitrogens with zero attached hydrogens (tertiary/aromatic N) is 4. The highest BCUT2D eigenvalue weighted by Gasteiger charge is 2.25. The van der Waals surface area contributed by atoms with E-state index in [1.165, 1.54) is 36.3 Å². The zero-order valence-corrected chi connectivity index (χ0v) is 18.3. The van der Waals surface area contributed by atoms with Gasteiger partial charge in [0.15, 0.2) is 5.82 Å². The second kappa shape index (κ2) is 9.10. The summed E-state index contributed by atoms with van der Waals surface area (Å²) in [7, 11) is 3.08. The maximum absolute atomic E-state index is 14.4. The predicted octanol–water partition coefficient (Wildman–Crippen LogP) is 3.47. The first-order valence-electron chi connectivity index (χ1n) is 10.1. The van der Waals surface area contributed by atoms with Crippen molar-refractivity contribution in [2.45, 2.75) is 6.54 Å². The van der Waals surface area contributed by atoms with E-state index < -0.39 is 29.2 Å². The second-order valence-corrected chi connectivity index (χ2v) is 7.47. The molecule has 174 valence electrons. The third kappa shape index (κ3) is 4.08. The quantitative estimate of drug-likeness (QED) is 0.400. The van der Waals surface area contributed by atoms with Crippen LogP contribution in [-0.2, 0) is 6.54 Å². The molecule has 0 aliphatic rings.